The summed E-state index contributed by atoms with van der Waals surface area (Å²) in [7, 11) is -1.93. The van der Waals surface area contributed by atoms with Gasteiger partial charge in [0.25, 0.3) is 0 Å². The smallest absolute Gasteiger partial charge is 0.346 e. The zero-order valence-electron chi connectivity index (χ0n) is 15.6. The maximum Gasteiger partial charge on any atom is 0.416 e. The Morgan fingerprint density at radius 3 is 2.34 bits per heavy atom. The number of sulfone groups is 1. The average molecular weight is 420 g/mol. The molecule has 29 heavy (non-hydrogen) atoms. The van der Waals surface area contributed by atoms with E-state index >= 15 is 0 Å². The Kier molecular flexibility index (Phi) is 3.93. The fourth-order valence-electron chi connectivity index (χ4n) is 4.76. The van der Waals surface area contributed by atoms with Crippen molar-refractivity contribution in [1.29, 1.82) is 0 Å². The fourth-order valence-corrected chi connectivity index (χ4v) is 6.05. The lowest BCUT2D eigenvalue weighted by molar-refractivity contribution is -0.137. The summed E-state index contributed by atoms with van der Waals surface area (Å²) >= 11 is 0. The lowest BCUT2D eigenvalue weighted by Gasteiger charge is -2.22. The summed E-state index contributed by atoms with van der Waals surface area (Å²) in [6, 6.07) is 9.15. The summed E-state index contributed by atoms with van der Waals surface area (Å²) in [5.74, 6) is 0. The molecule has 0 amide bonds. The van der Waals surface area contributed by atoms with Crippen LogP contribution in [-0.2, 0) is 23.1 Å². The van der Waals surface area contributed by atoms with Gasteiger partial charge in [0.05, 0.1) is 15.4 Å². The van der Waals surface area contributed by atoms with Crippen LogP contribution in [0.5, 0.6) is 0 Å². The van der Waals surface area contributed by atoms with Gasteiger partial charge in [-0.15, -0.1) is 0 Å². The average Bonchev–Trinajstić information content (AvgIpc) is 3.13. The molecule has 2 aliphatic heterocycles. The molecule has 2 bridgehead atoms. The van der Waals surface area contributed by atoms with E-state index < -0.39 is 21.6 Å². The molecule has 1 saturated heterocycles. The Morgan fingerprint density at radius 1 is 1.00 bits per heavy atom. The summed E-state index contributed by atoms with van der Waals surface area (Å²) in [6.45, 7) is 0. The van der Waals surface area contributed by atoms with Gasteiger partial charge in [-0.1, -0.05) is 0 Å². The second-order valence-corrected chi connectivity index (χ2v) is 9.71. The second kappa shape index (κ2) is 6.09. The molecular formula is C21H19F3N2O2S. The first-order valence-corrected chi connectivity index (χ1v) is 11.0. The molecule has 8 heteroatoms. The molecule has 0 saturated carbocycles. The molecule has 2 aromatic carbocycles. The standard InChI is InChI=1S/C21H19F3N2O2S/c1-26-18-10-9-14(11-15(18)19-16-3-2-4-17(25-16)20(19)26)29(27,28)13-7-5-12(6-8-13)21(22,23)24/h5-11,16-17,25H,2-4H2,1H3/t16-,17+/m0/s1. The van der Waals surface area contributed by atoms with Crippen LogP contribution in [0.25, 0.3) is 10.9 Å². The molecule has 3 heterocycles. The quantitative estimate of drug-likeness (QED) is 0.642. The number of rotatable bonds is 2. The third-order valence-corrected chi connectivity index (χ3v) is 7.89. The van der Waals surface area contributed by atoms with Crippen molar-refractivity contribution in [1.82, 2.24) is 9.88 Å². The number of benzene rings is 2. The highest BCUT2D eigenvalue weighted by Gasteiger charge is 2.38. The minimum Gasteiger partial charge on any atom is -0.346 e. The van der Waals surface area contributed by atoms with Gasteiger partial charge >= 0.3 is 6.18 Å². The van der Waals surface area contributed by atoms with E-state index in [1.165, 1.54) is 11.8 Å². The van der Waals surface area contributed by atoms with Gasteiger partial charge in [0.15, 0.2) is 0 Å². The number of aromatic nitrogens is 1. The Labute approximate surface area is 166 Å². The van der Waals surface area contributed by atoms with Crippen molar-refractivity contribution in [2.45, 2.75) is 47.3 Å². The SMILES string of the molecule is Cn1c2c(c3cc(S(=O)(=O)c4ccc(C(F)(F)F)cc4)ccc31)[C@@H]1CCC[C@H]2N1. The largest absolute Gasteiger partial charge is 0.416 e. The third kappa shape index (κ3) is 2.73. The molecule has 1 fully saturated rings. The van der Waals surface area contributed by atoms with Crippen LogP contribution in [0.1, 0.15) is 48.2 Å². The molecular weight excluding hydrogens is 401 g/mol. The summed E-state index contributed by atoms with van der Waals surface area (Å²) in [5.41, 5.74) is 2.48. The number of alkyl halides is 3. The van der Waals surface area contributed by atoms with E-state index in [0.29, 0.717) is 0 Å². The first kappa shape index (κ1) is 18.7. The van der Waals surface area contributed by atoms with E-state index in [0.717, 1.165) is 60.0 Å². The van der Waals surface area contributed by atoms with Gasteiger partial charge in [-0.2, -0.15) is 13.2 Å². The first-order valence-electron chi connectivity index (χ1n) is 9.48. The highest BCUT2D eigenvalue weighted by molar-refractivity contribution is 7.91. The number of fused-ring (bicyclic) bond motifs is 7. The molecule has 0 aliphatic carbocycles. The van der Waals surface area contributed by atoms with Crippen LogP contribution in [0.15, 0.2) is 52.3 Å². The van der Waals surface area contributed by atoms with Crippen molar-refractivity contribution in [3.8, 4) is 0 Å². The van der Waals surface area contributed by atoms with E-state index in [9.17, 15) is 21.6 Å². The molecule has 0 unspecified atom stereocenters. The summed E-state index contributed by atoms with van der Waals surface area (Å²) < 4.78 is 66.6. The van der Waals surface area contributed by atoms with Crippen molar-refractivity contribution < 1.29 is 21.6 Å². The van der Waals surface area contributed by atoms with E-state index in [4.69, 9.17) is 0 Å². The van der Waals surface area contributed by atoms with Gasteiger partial charge in [-0.3, -0.25) is 0 Å². The van der Waals surface area contributed by atoms with Gasteiger partial charge in [-0.25, -0.2) is 8.42 Å². The fraction of sp³-hybridized carbons (Fsp3) is 0.333. The van der Waals surface area contributed by atoms with Crippen molar-refractivity contribution in [2.24, 2.45) is 7.05 Å². The normalized spacial score (nSPS) is 21.5. The van der Waals surface area contributed by atoms with Gasteiger partial charge in [0.1, 0.15) is 0 Å². The van der Waals surface area contributed by atoms with Gasteiger partial charge in [0.2, 0.25) is 9.84 Å². The van der Waals surface area contributed by atoms with E-state index in [1.807, 2.05) is 7.05 Å². The molecule has 5 rings (SSSR count). The third-order valence-electron chi connectivity index (χ3n) is 6.13. The highest BCUT2D eigenvalue weighted by Crippen LogP contribution is 2.47. The van der Waals surface area contributed by atoms with E-state index in [-0.39, 0.29) is 21.9 Å². The van der Waals surface area contributed by atoms with Gasteiger partial charge < -0.3 is 9.88 Å². The Balaban J connectivity index is 1.62. The van der Waals surface area contributed by atoms with Crippen LogP contribution in [0.2, 0.25) is 0 Å². The number of nitrogens with one attached hydrogen (secondary N) is 1. The van der Waals surface area contributed by atoms with Crippen LogP contribution in [0.4, 0.5) is 13.2 Å². The molecule has 2 atom stereocenters. The van der Waals surface area contributed by atoms with Crippen LogP contribution in [0.3, 0.4) is 0 Å². The minimum atomic E-state index is -4.50. The maximum atomic E-state index is 13.1. The molecule has 3 aromatic rings. The number of nitrogens with zero attached hydrogens (tertiary/aromatic N) is 1. The molecule has 4 nitrogen and oxygen atoms in total. The minimum absolute atomic E-state index is 0.0969. The summed E-state index contributed by atoms with van der Waals surface area (Å²) in [4.78, 5) is -0.0473. The van der Waals surface area contributed by atoms with Crippen LogP contribution < -0.4 is 5.32 Å². The second-order valence-electron chi connectivity index (χ2n) is 7.77. The zero-order valence-corrected chi connectivity index (χ0v) is 16.4. The molecule has 1 N–H and O–H groups in total. The highest BCUT2D eigenvalue weighted by atomic mass is 32.2. The number of halogens is 3. The Morgan fingerprint density at radius 2 is 1.66 bits per heavy atom. The first-order chi connectivity index (χ1) is 13.7. The number of aryl methyl sites for hydroxylation is 1. The molecule has 152 valence electrons. The summed E-state index contributed by atoms with van der Waals surface area (Å²) in [6.07, 6.45) is -1.30. The maximum absolute atomic E-state index is 13.1. The monoisotopic (exact) mass is 420 g/mol. The molecule has 0 spiro atoms. The Hall–Kier alpha value is -2.32. The van der Waals surface area contributed by atoms with Gasteiger partial charge in [0, 0.05) is 35.7 Å². The molecule has 1 aromatic heterocycles. The predicted octanol–water partition coefficient (Wildman–Crippen LogP) is 4.90. The number of piperidine rings is 1. The van der Waals surface area contributed by atoms with E-state index in [2.05, 4.69) is 9.88 Å². The van der Waals surface area contributed by atoms with Crippen LogP contribution in [-0.4, -0.2) is 13.0 Å². The van der Waals surface area contributed by atoms with Gasteiger partial charge in [-0.05, 0) is 67.3 Å². The molecule has 0 radical (unpaired) electrons. The predicted molar refractivity (Wildman–Crippen MR) is 102 cm³/mol. The van der Waals surface area contributed by atoms with Crippen LogP contribution >= 0.6 is 0 Å². The summed E-state index contributed by atoms with van der Waals surface area (Å²) in [5, 5.41) is 4.50. The van der Waals surface area contributed by atoms with Crippen molar-refractivity contribution in [3.05, 3.63) is 59.3 Å². The topological polar surface area (TPSA) is 51.1 Å². The van der Waals surface area contributed by atoms with E-state index in [1.54, 1.807) is 12.1 Å². The lowest BCUT2D eigenvalue weighted by atomic mass is 10.0. The van der Waals surface area contributed by atoms with Crippen molar-refractivity contribution in [2.75, 3.05) is 0 Å². The number of hydrogen-bond acceptors (Lipinski definition) is 3. The molecule has 2 aliphatic rings. The van der Waals surface area contributed by atoms with Crippen molar-refractivity contribution in [3.63, 3.8) is 0 Å². The Bertz CT molecular complexity index is 1230. The lowest BCUT2D eigenvalue weighted by Crippen LogP contribution is -2.23. The van der Waals surface area contributed by atoms with Crippen LogP contribution in [0, 0.1) is 0 Å². The number of hydrogen-bond donors (Lipinski definition) is 1. The zero-order chi connectivity index (χ0) is 20.6. The van der Waals surface area contributed by atoms with Crippen molar-refractivity contribution >= 4 is 20.7 Å².